The van der Waals surface area contributed by atoms with E-state index in [9.17, 15) is 8.42 Å². The minimum Gasteiger partial charge on any atom is -0.335 e. The molecule has 17 heavy (non-hydrogen) atoms. The number of sulfonamides is 1. The van der Waals surface area contributed by atoms with Gasteiger partial charge in [0.2, 0.25) is 0 Å². The van der Waals surface area contributed by atoms with Gasteiger partial charge in [-0.05, 0) is 17.8 Å². The van der Waals surface area contributed by atoms with Gasteiger partial charge in [-0.2, -0.15) is 0 Å². The Kier molecular flexibility index (Phi) is 4.70. The van der Waals surface area contributed by atoms with Crippen LogP contribution in [0.1, 0.15) is 27.7 Å². The Balaban J connectivity index is 2.67. The van der Waals surface area contributed by atoms with Crippen molar-refractivity contribution in [2.45, 2.75) is 32.7 Å². The molecule has 0 saturated carbocycles. The highest BCUT2D eigenvalue weighted by Gasteiger charge is 2.22. The van der Waals surface area contributed by atoms with Crippen LogP contribution in [0.4, 0.5) is 0 Å². The second-order valence-corrected chi connectivity index (χ2v) is 6.66. The first-order chi connectivity index (χ1) is 7.84. The van der Waals surface area contributed by atoms with Gasteiger partial charge in [0.25, 0.3) is 10.0 Å². The highest BCUT2D eigenvalue weighted by molar-refractivity contribution is 7.89. The Labute approximate surface area is 103 Å². The van der Waals surface area contributed by atoms with Crippen molar-refractivity contribution in [1.82, 2.24) is 14.7 Å². The average Bonchev–Trinajstić information content (AvgIpc) is 2.69. The van der Waals surface area contributed by atoms with Crippen molar-refractivity contribution >= 4 is 10.0 Å². The molecule has 0 aliphatic rings. The summed E-state index contributed by atoms with van der Waals surface area (Å²) in [5.74, 6) is 1.21. The molecule has 98 valence electrons. The maximum atomic E-state index is 11.9. The Hall–Kier alpha value is -0.880. The van der Waals surface area contributed by atoms with Crippen molar-refractivity contribution in [1.29, 1.82) is 0 Å². The Morgan fingerprint density at radius 1 is 1.29 bits per heavy atom. The number of aromatic nitrogens is 2. The van der Waals surface area contributed by atoms with Crippen LogP contribution >= 0.6 is 0 Å². The van der Waals surface area contributed by atoms with Crippen LogP contribution in [0, 0.1) is 17.8 Å². The summed E-state index contributed by atoms with van der Waals surface area (Å²) in [6, 6.07) is 0. The van der Waals surface area contributed by atoms with Crippen molar-refractivity contribution in [3.05, 3.63) is 12.5 Å². The van der Waals surface area contributed by atoms with Crippen LogP contribution in [0.15, 0.2) is 17.6 Å². The van der Waals surface area contributed by atoms with Gasteiger partial charge in [-0.15, -0.1) is 0 Å². The third kappa shape index (κ3) is 3.81. The van der Waals surface area contributed by atoms with Gasteiger partial charge in [-0.1, -0.05) is 27.7 Å². The van der Waals surface area contributed by atoms with Crippen LogP contribution in [0.5, 0.6) is 0 Å². The first-order valence-corrected chi connectivity index (χ1v) is 7.31. The number of rotatable bonds is 6. The molecule has 0 aliphatic carbocycles. The van der Waals surface area contributed by atoms with Gasteiger partial charge < -0.3 is 4.98 Å². The van der Waals surface area contributed by atoms with Gasteiger partial charge in [-0.25, -0.2) is 18.1 Å². The zero-order valence-electron chi connectivity index (χ0n) is 10.8. The maximum absolute atomic E-state index is 11.9. The molecule has 0 bridgehead atoms. The number of hydrogen-bond donors (Lipinski definition) is 2. The van der Waals surface area contributed by atoms with E-state index in [1.165, 1.54) is 12.5 Å². The Bertz CT molecular complexity index is 416. The summed E-state index contributed by atoms with van der Waals surface area (Å²) in [6.07, 6.45) is 2.67. The number of hydrogen-bond acceptors (Lipinski definition) is 3. The van der Waals surface area contributed by atoms with E-state index in [4.69, 9.17) is 0 Å². The number of nitrogens with zero attached hydrogens (tertiary/aromatic N) is 1. The minimum absolute atomic E-state index is 0.115. The molecule has 0 fully saturated rings. The summed E-state index contributed by atoms with van der Waals surface area (Å²) in [5.41, 5.74) is 0. The van der Waals surface area contributed by atoms with Crippen LogP contribution in [0.3, 0.4) is 0 Å². The second-order valence-electron chi connectivity index (χ2n) is 4.92. The first-order valence-electron chi connectivity index (χ1n) is 5.82. The Morgan fingerprint density at radius 3 is 2.29 bits per heavy atom. The van der Waals surface area contributed by atoms with E-state index >= 15 is 0 Å². The smallest absolute Gasteiger partial charge is 0.257 e. The number of aromatic amines is 1. The number of imidazole rings is 1. The molecule has 0 spiro atoms. The van der Waals surface area contributed by atoms with Gasteiger partial charge in [0.1, 0.15) is 0 Å². The van der Waals surface area contributed by atoms with E-state index in [0.717, 1.165) is 0 Å². The van der Waals surface area contributed by atoms with E-state index in [1.807, 2.05) is 0 Å². The normalized spacial score (nSPS) is 12.9. The predicted molar refractivity (Wildman–Crippen MR) is 66.9 cm³/mol. The molecule has 2 N–H and O–H groups in total. The molecule has 1 aromatic rings. The van der Waals surface area contributed by atoms with Crippen LogP contribution in [0.2, 0.25) is 0 Å². The first kappa shape index (κ1) is 14.2. The maximum Gasteiger partial charge on any atom is 0.257 e. The summed E-state index contributed by atoms with van der Waals surface area (Å²) < 4.78 is 26.3. The molecule has 5 nitrogen and oxygen atoms in total. The second kappa shape index (κ2) is 5.64. The van der Waals surface area contributed by atoms with Crippen molar-refractivity contribution in [3.8, 4) is 0 Å². The fourth-order valence-corrected chi connectivity index (χ4v) is 2.89. The highest BCUT2D eigenvalue weighted by atomic mass is 32.2. The summed E-state index contributed by atoms with van der Waals surface area (Å²) >= 11 is 0. The minimum atomic E-state index is -3.45. The SMILES string of the molecule is CC(C)C(CNS(=O)(=O)c1cnc[nH]1)C(C)C. The summed E-state index contributed by atoms with van der Waals surface area (Å²) in [4.78, 5) is 6.31. The van der Waals surface area contributed by atoms with Crippen LogP contribution in [-0.4, -0.2) is 24.9 Å². The zero-order valence-corrected chi connectivity index (χ0v) is 11.6. The lowest BCUT2D eigenvalue weighted by Gasteiger charge is -2.24. The molecule has 0 saturated heterocycles. The van der Waals surface area contributed by atoms with Crippen molar-refractivity contribution in [2.24, 2.45) is 17.8 Å². The topological polar surface area (TPSA) is 74.8 Å². The quantitative estimate of drug-likeness (QED) is 0.815. The molecule has 0 radical (unpaired) electrons. The van der Waals surface area contributed by atoms with E-state index in [-0.39, 0.29) is 5.03 Å². The largest absolute Gasteiger partial charge is 0.335 e. The lowest BCUT2D eigenvalue weighted by molar-refractivity contribution is 0.289. The molecule has 1 rings (SSSR count). The molecular weight excluding hydrogens is 238 g/mol. The standard InChI is InChI=1S/C11H21N3O2S/c1-8(2)10(9(3)4)5-14-17(15,16)11-6-12-7-13-11/h6-10,14H,5H2,1-4H3,(H,12,13). The number of nitrogens with one attached hydrogen (secondary N) is 2. The van der Waals surface area contributed by atoms with Crippen molar-refractivity contribution in [2.75, 3.05) is 6.54 Å². The molecule has 0 unspecified atom stereocenters. The molecule has 6 heteroatoms. The van der Waals surface area contributed by atoms with Gasteiger partial charge in [-0.3, -0.25) is 0 Å². The molecule has 1 aromatic heterocycles. The van der Waals surface area contributed by atoms with Crippen LogP contribution in [0.25, 0.3) is 0 Å². The van der Waals surface area contributed by atoms with E-state index < -0.39 is 10.0 Å². The van der Waals surface area contributed by atoms with Gasteiger partial charge in [0, 0.05) is 6.54 Å². The molecule has 0 aromatic carbocycles. The van der Waals surface area contributed by atoms with Crippen LogP contribution < -0.4 is 4.72 Å². The van der Waals surface area contributed by atoms with Gasteiger partial charge in [0.05, 0.1) is 12.5 Å². The zero-order chi connectivity index (χ0) is 13.1. The fourth-order valence-electron chi connectivity index (χ4n) is 1.91. The third-order valence-electron chi connectivity index (χ3n) is 2.98. The third-order valence-corrected chi connectivity index (χ3v) is 4.33. The lowest BCUT2D eigenvalue weighted by atomic mass is 9.86. The lowest BCUT2D eigenvalue weighted by Crippen LogP contribution is -2.34. The molecular formula is C11H21N3O2S. The summed E-state index contributed by atoms with van der Waals surface area (Å²) in [7, 11) is -3.45. The monoisotopic (exact) mass is 259 g/mol. The average molecular weight is 259 g/mol. The fraction of sp³-hybridized carbons (Fsp3) is 0.727. The van der Waals surface area contributed by atoms with Gasteiger partial charge >= 0.3 is 0 Å². The molecule has 1 heterocycles. The molecule has 0 aliphatic heterocycles. The molecule has 0 amide bonds. The van der Waals surface area contributed by atoms with E-state index in [0.29, 0.717) is 24.3 Å². The number of H-pyrrole nitrogens is 1. The highest BCUT2D eigenvalue weighted by Crippen LogP contribution is 2.20. The molecule has 0 atom stereocenters. The summed E-state index contributed by atoms with van der Waals surface area (Å²) in [6.45, 7) is 8.88. The van der Waals surface area contributed by atoms with Crippen LogP contribution in [-0.2, 0) is 10.0 Å². The van der Waals surface area contributed by atoms with Crippen molar-refractivity contribution < 1.29 is 8.42 Å². The van der Waals surface area contributed by atoms with Gasteiger partial charge in [0.15, 0.2) is 5.03 Å². The Morgan fingerprint density at radius 2 is 1.88 bits per heavy atom. The predicted octanol–water partition coefficient (Wildman–Crippen LogP) is 1.62. The van der Waals surface area contributed by atoms with Crippen molar-refractivity contribution in [3.63, 3.8) is 0 Å². The summed E-state index contributed by atoms with van der Waals surface area (Å²) in [5, 5.41) is 0.115. The van der Waals surface area contributed by atoms with E-state index in [2.05, 4.69) is 42.4 Å². The van der Waals surface area contributed by atoms with E-state index in [1.54, 1.807) is 0 Å².